The lowest BCUT2D eigenvalue weighted by molar-refractivity contribution is -0.298. The smallest absolute Gasteiger partial charge is 0.327 e. The van der Waals surface area contributed by atoms with Crippen molar-refractivity contribution >= 4 is 23.9 Å². The van der Waals surface area contributed by atoms with Gasteiger partial charge in [-0.1, -0.05) is 36.4 Å². The number of ether oxygens (including phenoxy) is 5. The minimum absolute atomic E-state index is 0.0241. The predicted octanol–water partition coefficient (Wildman–Crippen LogP) is -2.84. The van der Waals surface area contributed by atoms with E-state index in [9.17, 15) is 39.9 Å². The average molecular weight is 706 g/mol. The first-order chi connectivity index (χ1) is 24.2. The molecule has 6 N–H and O–H groups in total. The number of hydrogen-bond acceptors (Lipinski definition) is 15. The highest BCUT2D eigenvalue weighted by Crippen LogP contribution is 2.56. The van der Waals surface area contributed by atoms with Crippen molar-refractivity contribution in [3.05, 3.63) is 41.5 Å². The Labute approximate surface area is 287 Å². The summed E-state index contributed by atoms with van der Waals surface area (Å²) in [5.41, 5.74) is 0.115. The number of esters is 1. The van der Waals surface area contributed by atoms with Crippen LogP contribution in [0.5, 0.6) is 0 Å². The van der Waals surface area contributed by atoms with Gasteiger partial charge in [-0.2, -0.15) is 5.06 Å². The van der Waals surface area contributed by atoms with Crippen LogP contribution in [-0.4, -0.2) is 160 Å². The summed E-state index contributed by atoms with van der Waals surface area (Å²) in [5.74, 6) is -1.35. The number of likely N-dealkylation sites (tertiary alicyclic amines) is 1. The molecule has 17 heteroatoms. The zero-order chi connectivity index (χ0) is 35.2. The van der Waals surface area contributed by atoms with Crippen LogP contribution in [0.1, 0.15) is 30.4 Å². The molecule has 274 valence electrons. The molecule has 6 fully saturated rings. The van der Waals surface area contributed by atoms with Gasteiger partial charge in [0.05, 0.1) is 26.4 Å². The van der Waals surface area contributed by atoms with E-state index in [1.165, 1.54) is 9.96 Å². The Morgan fingerprint density at radius 2 is 1.92 bits per heavy atom. The average Bonchev–Trinajstić information content (AvgIpc) is 3.88. The van der Waals surface area contributed by atoms with Crippen LogP contribution < -0.4 is 5.32 Å². The molecule has 5 saturated heterocycles. The summed E-state index contributed by atoms with van der Waals surface area (Å²) in [6.45, 7) is -0.356. The lowest BCUT2D eigenvalue weighted by Crippen LogP contribution is -2.70. The molecule has 2 bridgehead atoms. The van der Waals surface area contributed by atoms with Crippen molar-refractivity contribution in [2.24, 2.45) is 5.41 Å². The molecular weight excluding hydrogens is 662 g/mol. The third-order valence-corrected chi connectivity index (χ3v) is 10.5. The number of carbonyl (C=O) groups is 3. The third kappa shape index (κ3) is 6.13. The van der Waals surface area contributed by atoms with E-state index in [0.29, 0.717) is 19.4 Å². The number of hydroxylamine groups is 2. The van der Waals surface area contributed by atoms with Crippen LogP contribution in [0, 0.1) is 5.41 Å². The predicted molar refractivity (Wildman–Crippen MR) is 166 cm³/mol. The van der Waals surface area contributed by atoms with Crippen LogP contribution in [0.25, 0.3) is 6.08 Å². The summed E-state index contributed by atoms with van der Waals surface area (Å²) in [6, 6.07) is 5.50. The number of amides is 2. The number of benzene rings is 1. The number of nitrogens with zero attached hydrogens (tertiary/aromatic N) is 2. The van der Waals surface area contributed by atoms with Gasteiger partial charge in [0.15, 0.2) is 12.3 Å². The van der Waals surface area contributed by atoms with Crippen molar-refractivity contribution in [2.45, 2.75) is 93.0 Å². The lowest BCUT2D eigenvalue weighted by atomic mass is 9.62. The fraction of sp³-hybridized carbons (Fsp3) is 0.667. The zero-order valence-corrected chi connectivity index (χ0v) is 27.2. The van der Waals surface area contributed by atoms with E-state index in [4.69, 9.17) is 28.5 Å². The van der Waals surface area contributed by atoms with Gasteiger partial charge in [0.2, 0.25) is 11.8 Å². The third-order valence-electron chi connectivity index (χ3n) is 10.5. The van der Waals surface area contributed by atoms with Crippen LogP contribution in [0.2, 0.25) is 0 Å². The molecule has 2 amide bonds. The standard InChI is InChI=1S/C33H43N3O14/c37-10-8-34-29(42)19-7-2-9-35(19)32(44)33-13-20-25-26(47-16-46-25)28(33)50-36(27(33)30(43)48-20)14-18-5-1-4-17(12-18)6-3-11-45-31-24(41)23(40)22(39)21(15-38)49-31/h1,3-6,12,19-28,31,37-41H,2,7-11,13-16H2,(H,34,42)/t19-,20-,21-,22+,23+,24-,25+,26+,27+,28-,31+,33+/m1/s1. The first kappa shape index (κ1) is 35.3. The number of rotatable bonds is 11. The van der Waals surface area contributed by atoms with E-state index in [-0.39, 0.29) is 51.3 Å². The van der Waals surface area contributed by atoms with Crippen molar-refractivity contribution in [3.8, 4) is 0 Å². The molecule has 1 saturated carbocycles. The molecular formula is C33H43N3O14. The van der Waals surface area contributed by atoms with Gasteiger partial charge in [-0.25, -0.2) is 0 Å². The van der Waals surface area contributed by atoms with Crippen LogP contribution in [0.15, 0.2) is 30.3 Å². The van der Waals surface area contributed by atoms with Crippen molar-refractivity contribution in [3.63, 3.8) is 0 Å². The maximum Gasteiger partial charge on any atom is 0.327 e. The van der Waals surface area contributed by atoms with Crippen LogP contribution in [0.4, 0.5) is 0 Å². The summed E-state index contributed by atoms with van der Waals surface area (Å²) >= 11 is 0. The van der Waals surface area contributed by atoms with Crippen molar-refractivity contribution < 1.29 is 68.4 Å². The maximum absolute atomic E-state index is 14.7. The Balaban J connectivity index is 1.08. The van der Waals surface area contributed by atoms with Crippen molar-refractivity contribution in [1.82, 2.24) is 15.3 Å². The van der Waals surface area contributed by atoms with Gasteiger partial charge in [0.1, 0.15) is 67.1 Å². The summed E-state index contributed by atoms with van der Waals surface area (Å²) in [4.78, 5) is 49.6. The van der Waals surface area contributed by atoms with Gasteiger partial charge in [-0.05, 0) is 24.0 Å². The Bertz CT molecular complexity index is 1460. The molecule has 1 aromatic rings. The number of fused-ring (bicyclic) bond motifs is 4. The Hall–Kier alpha value is -3.07. The van der Waals surface area contributed by atoms with Gasteiger partial charge in [-0.15, -0.1) is 0 Å². The first-order valence-electron chi connectivity index (χ1n) is 16.9. The van der Waals surface area contributed by atoms with Crippen LogP contribution in [-0.2, 0) is 49.5 Å². The second-order valence-corrected chi connectivity index (χ2v) is 13.5. The largest absolute Gasteiger partial charge is 0.458 e. The van der Waals surface area contributed by atoms with E-state index >= 15 is 0 Å². The molecule has 0 spiro atoms. The Morgan fingerprint density at radius 3 is 2.72 bits per heavy atom. The Kier molecular flexibility index (Phi) is 10.3. The SMILES string of the molecule is O=C(NCCO)[C@H]1CCCN1C(=O)[C@@]12C[C@H]3OC(=O)[C@@H]1N(Cc1cccc(C=CCO[C@H]4O[C@H](CO)[C@H](O)[C@H](O)[C@H]4O)c1)O[C@@H]2[C@H]1OCO[C@H]13. The normalized spacial score (nSPS) is 39.5. The number of aliphatic hydroxyl groups is 5. The molecule has 0 unspecified atom stereocenters. The fourth-order valence-corrected chi connectivity index (χ4v) is 8.17. The number of nitrogens with one attached hydrogen (secondary N) is 1. The van der Waals surface area contributed by atoms with Crippen LogP contribution in [0.3, 0.4) is 0 Å². The zero-order valence-electron chi connectivity index (χ0n) is 27.2. The molecule has 6 aliphatic rings. The summed E-state index contributed by atoms with van der Waals surface area (Å²) in [5, 5.41) is 52.9. The summed E-state index contributed by atoms with van der Waals surface area (Å²) in [7, 11) is 0. The van der Waals surface area contributed by atoms with E-state index in [0.717, 1.165) is 11.1 Å². The maximum atomic E-state index is 14.7. The Morgan fingerprint density at radius 1 is 1.10 bits per heavy atom. The van der Waals surface area contributed by atoms with Crippen LogP contribution >= 0.6 is 0 Å². The lowest BCUT2D eigenvalue weighted by Gasteiger charge is -2.50. The van der Waals surface area contributed by atoms with Gasteiger partial charge in [0, 0.05) is 19.5 Å². The van der Waals surface area contributed by atoms with Gasteiger partial charge < -0.3 is 59.4 Å². The summed E-state index contributed by atoms with van der Waals surface area (Å²) < 4.78 is 28.5. The molecule has 7 rings (SSSR count). The second-order valence-electron chi connectivity index (χ2n) is 13.5. The minimum atomic E-state index is -1.54. The molecule has 50 heavy (non-hydrogen) atoms. The van der Waals surface area contributed by atoms with E-state index in [1.54, 1.807) is 12.2 Å². The van der Waals surface area contributed by atoms with Gasteiger partial charge >= 0.3 is 5.97 Å². The topological polar surface area (TPSA) is 226 Å². The number of hydrogen-bond donors (Lipinski definition) is 6. The molecule has 1 aliphatic carbocycles. The van der Waals surface area contributed by atoms with Gasteiger partial charge in [0.25, 0.3) is 0 Å². The van der Waals surface area contributed by atoms with E-state index in [2.05, 4.69) is 5.32 Å². The molecule has 12 atom stereocenters. The van der Waals surface area contributed by atoms with Gasteiger partial charge in [-0.3, -0.25) is 19.2 Å². The van der Waals surface area contributed by atoms with E-state index in [1.807, 2.05) is 24.3 Å². The fourth-order valence-electron chi connectivity index (χ4n) is 8.17. The quantitative estimate of drug-likeness (QED) is 0.128. The molecule has 5 heterocycles. The second kappa shape index (κ2) is 14.5. The summed E-state index contributed by atoms with van der Waals surface area (Å²) in [6.07, 6.45) is -5.15. The minimum Gasteiger partial charge on any atom is -0.458 e. The highest BCUT2D eigenvalue weighted by Gasteiger charge is 2.75. The highest BCUT2D eigenvalue weighted by molar-refractivity contribution is 5.96. The monoisotopic (exact) mass is 705 g/mol. The molecule has 0 radical (unpaired) electrons. The highest BCUT2D eigenvalue weighted by atomic mass is 16.8. The molecule has 0 aromatic heterocycles. The van der Waals surface area contributed by atoms with Crippen molar-refractivity contribution in [1.29, 1.82) is 0 Å². The first-order valence-corrected chi connectivity index (χ1v) is 16.9. The molecule has 17 nitrogen and oxygen atoms in total. The van der Waals surface area contributed by atoms with Crippen molar-refractivity contribution in [2.75, 3.05) is 39.7 Å². The number of carbonyl (C=O) groups excluding carboxylic acids is 3. The van der Waals surface area contributed by atoms with E-state index < -0.39 is 85.2 Å². The number of aliphatic hydroxyl groups excluding tert-OH is 5. The molecule has 5 aliphatic heterocycles. The molecule has 1 aromatic carbocycles.